The van der Waals surface area contributed by atoms with Gasteiger partial charge in [0.25, 0.3) is 0 Å². The third kappa shape index (κ3) is 6.36. The third-order valence-electron chi connectivity index (χ3n) is 7.16. The van der Waals surface area contributed by atoms with E-state index in [0.717, 1.165) is 27.6 Å². The van der Waals surface area contributed by atoms with Crippen molar-refractivity contribution in [1.82, 2.24) is 9.99 Å². The molecule has 0 atom stereocenters. The highest BCUT2D eigenvalue weighted by molar-refractivity contribution is 6.03. The molecule has 0 saturated carbocycles. The van der Waals surface area contributed by atoms with Crippen molar-refractivity contribution in [2.45, 2.75) is 27.1 Å². The number of fused-ring (bicyclic) bond motifs is 1. The van der Waals surface area contributed by atoms with Gasteiger partial charge in [0.1, 0.15) is 30.5 Å². The van der Waals surface area contributed by atoms with Crippen molar-refractivity contribution in [1.29, 1.82) is 0 Å². The molecule has 7 heteroatoms. The van der Waals surface area contributed by atoms with Crippen molar-refractivity contribution in [3.63, 3.8) is 0 Å². The minimum Gasteiger partial charge on any atom is -0.488 e. The van der Waals surface area contributed by atoms with Gasteiger partial charge in [-0.15, -0.1) is 0 Å². The zero-order valence-corrected chi connectivity index (χ0v) is 24.0. The summed E-state index contributed by atoms with van der Waals surface area (Å²) >= 11 is 0. The van der Waals surface area contributed by atoms with Crippen LogP contribution in [0.2, 0.25) is 0 Å². The third-order valence-corrected chi connectivity index (χ3v) is 7.16. The molecule has 0 radical (unpaired) electrons. The number of rotatable bonds is 10. The molecule has 0 unspecified atom stereocenters. The fourth-order valence-corrected chi connectivity index (χ4v) is 4.98. The second kappa shape index (κ2) is 12.5. The molecular weight excluding hydrogens is 538 g/mol. The highest BCUT2D eigenvalue weighted by Gasteiger charge is 2.12. The number of carbonyl (C=O) groups is 1. The lowest BCUT2D eigenvalue weighted by Gasteiger charge is -2.12. The van der Waals surface area contributed by atoms with E-state index in [1.165, 1.54) is 11.4 Å². The molecule has 0 aliphatic carbocycles. The van der Waals surface area contributed by atoms with E-state index in [1.54, 1.807) is 18.3 Å². The van der Waals surface area contributed by atoms with Crippen molar-refractivity contribution in [2.75, 3.05) is 0 Å². The van der Waals surface area contributed by atoms with Crippen LogP contribution in [0.3, 0.4) is 0 Å². The number of ether oxygens (including phenoxy) is 2. The number of hydrogen-bond acceptors (Lipinski definition) is 5. The molecule has 6 rings (SSSR count). The smallest absolute Gasteiger partial charge is 0.307 e. The Morgan fingerprint density at radius 1 is 0.791 bits per heavy atom. The summed E-state index contributed by atoms with van der Waals surface area (Å²) < 4.78 is 19.9. The van der Waals surface area contributed by atoms with E-state index in [9.17, 15) is 4.79 Å². The zero-order chi connectivity index (χ0) is 29.6. The number of benzene rings is 4. The zero-order valence-electron chi connectivity index (χ0n) is 24.0. The second-order valence-corrected chi connectivity index (χ2v) is 10.2. The molecule has 4 aromatic carbocycles. The predicted octanol–water partition coefficient (Wildman–Crippen LogP) is 7.76. The van der Waals surface area contributed by atoms with E-state index in [-0.39, 0.29) is 12.4 Å². The molecule has 43 heavy (non-hydrogen) atoms. The van der Waals surface area contributed by atoms with Crippen molar-refractivity contribution in [3.8, 4) is 17.2 Å². The number of nitrogens with zero attached hydrogens (tertiary/aromatic N) is 2. The first-order valence-electron chi connectivity index (χ1n) is 14.0. The summed E-state index contributed by atoms with van der Waals surface area (Å²) in [7, 11) is 0. The quantitative estimate of drug-likeness (QED) is 0.135. The molecule has 0 aliphatic heterocycles. The van der Waals surface area contributed by atoms with Crippen molar-refractivity contribution in [3.05, 3.63) is 149 Å². The molecular formula is C36H31N3O4. The van der Waals surface area contributed by atoms with E-state index in [0.29, 0.717) is 23.9 Å². The summed E-state index contributed by atoms with van der Waals surface area (Å²) in [5.74, 6) is 1.59. The summed E-state index contributed by atoms with van der Waals surface area (Å²) in [6.45, 7) is 4.77. The van der Waals surface area contributed by atoms with Crippen LogP contribution in [0, 0.1) is 13.8 Å². The predicted molar refractivity (Wildman–Crippen MR) is 168 cm³/mol. The first-order valence-corrected chi connectivity index (χ1v) is 14.0. The van der Waals surface area contributed by atoms with Gasteiger partial charge in [0.05, 0.1) is 6.21 Å². The standard InChI is InChI=1S/C36H31N3O4/c1-25-12-13-26(2)39(25)29-15-17-30(18-16-29)41-24-31-19-21-35(43-31)36(40)38-37-22-33-32-11-7-6-10-28(32)14-20-34(33)42-23-27-8-4-3-5-9-27/h3-22H,23-24H2,1-2H3,(H,38,40)/b37-22+. The molecule has 0 bridgehead atoms. The van der Waals surface area contributed by atoms with E-state index < -0.39 is 5.91 Å². The molecule has 0 fully saturated rings. The van der Waals surface area contributed by atoms with E-state index in [2.05, 4.69) is 41.1 Å². The van der Waals surface area contributed by atoms with Crippen molar-refractivity contribution in [2.24, 2.45) is 5.10 Å². The lowest BCUT2D eigenvalue weighted by Crippen LogP contribution is -2.17. The van der Waals surface area contributed by atoms with Crippen molar-refractivity contribution >= 4 is 22.9 Å². The molecule has 0 spiro atoms. The van der Waals surface area contributed by atoms with Crippen LogP contribution in [0.25, 0.3) is 16.5 Å². The first-order chi connectivity index (χ1) is 21.0. The average molecular weight is 570 g/mol. The number of nitrogens with one attached hydrogen (secondary N) is 1. The Hall–Kier alpha value is -5.56. The fraction of sp³-hybridized carbons (Fsp3) is 0.111. The number of aryl methyl sites for hydroxylation is 2. The van der Waals surface area contributed by atoms with Gasteiger partial charge in [-0.2, -0.15) is 5.10 Å². The maximum absolute atomic E-state index is 12.8. The molecule has 6 aromatic rings. The lowest BCUT2D eigenvalue weighted by molar-refractivity contribution is 0.0923. The van der Waals surface area contributed by atoms with Crippen LogP contribution < -0.4 is 14.9 Å². The van der Waals surface area contributed by atoms with Crippen LogP contribution in [0.1, 0.15) is 38.8 Å². The highest BCUT2D eigenvalue weighted by atomic mass is 16.5. The molecule has 0 aliphatic rings. The number of hydrogen-bond donors (Lipinski definition) is 1. The lowest BCUT2D eigenvalue weighted by atomic mass is 10.0. The van der Waals surface area contributed by atoms with Gasteiger partial charge in [0.2, 0.25) is 0 Å². The van der Waals surface area contributed by atoms with Crippen LogP contribution in [-0.2, 0) is 13.2 Å². The number of hydrazone groups is 1. The summed E-state index contributed by atoms with van der Waals surface area (Å²) in [5, 5.41) is 6.24. The first kappa shape index (κ1) is 27.6. The van der Waals surface area contributed by atoms with Crippen LogP contribution in [0.4, 0.5) is 0 Å². The summed E-state index contributed by atoms with van der Waals surface area (Å²) in [6.07, 6.45) is 1.61. The van der Waals surface area contributed by atoms with Gasteiger partial charge in [-0.25, -0.2) is 5.43 Å². The number of furan rings is 1. The molecule has 1 amide bonds. The van der Waals surface area contributed by atoms with Gasteiger partial charge >= 0.3 is 5.91 Å². The second-order valence-electron chi connectivity index (χ2n) is 10.2. The summed E-state index contributed by atoms with van der Waals surface area (Å²) in [4.78, 5) is 12.8. The summed E-state index contributed by atoms with van der Waals surface area (Å²) in [5.41, 5.74) is 7.82. The maximum atomic E-state index is 12.8. The topological polar surface area (TPSA) is 78.0 Å². The van der Waals surface area contributed by atoms with Gasteiger partial charge in [-0.3, -0.25) is 4.79 Å². The minimum atomic E-state index is -0.462. The Balaban J connectivity index is 1.09. The molecule has 0 saturated heterocycles. The van der Waals surface area contributed by atoms with Gasteiger partial charge in [0, 0.05) is 22.6 Å². The number of aromatic nitrogens is 1. The largest absolute Gasteiger partial charge is 0.488 e. The Morgan fingerprint density at radius 3 is 2.33 bits per heavy atom. The Labute approximate surface area is 250 Å². The highest BCUT2D eigenvalue weighted by Crippen LogP contribution is 2.27. The van der Waals surface area contributed by atoms with Crippen LogP contribution in [0.5, 0.6) is 11.5 Å². The van der Waals surface area contributed by atoms with Crippen LogP contribution in [0.15, 0.2) is 125 Å². The van der Waals surface area contributed by atoms with E-state index >= 15 is 0 Å². The fourth-order valence-electron chi connectivity index (χ4n) is 4.98. The van der Waals surface area contributed by atoms with Gasteiger partial charge in [0.15, 0.2) is 5.76 Å². The molecule has 1 N–H and O–H groups in total. The normalized spacial score (nSPS) is 11.2. The Morgan fingerprint density at radius 2 is 1.53 bits per heavy atom. The number of carbonyl (C=O) groups excluding carboxylic acids is 1. The van der Waals surface area contributed by atoms with Crippen LogP contribution >= 0.6 is 0 Å². The molecule has 2 heterocycles. The van der Waals surface area contributed by atoms with Gasteiger partial charge in [-0.1, -0.05) is 60.7 Å². The van der Waals surface area contributed by atoms with E-state index in [1.807, 2.05) is 91.0 Å². The molecule has 214 valence electrons. The molecule has 7 nitrogen and oxygen atoms in total. The minimum absolute atomic E-state index is 0.142. The average Bonchev–Trinajstić information content (AvgIpc) is 3.66. The van der Waals surface area contributed by atoms with Gasteiger partial charge < -0.3 is 18.5 Å². The van der Waals surface area contributed by atoms with Gasteiger partial charge in [-0.05, 0) is 84.8 Å². The monoisotopic (exact) mass is 569 g/mol. The maximum Gasteiger partial charge on any atom is 0.307 e. The number of amides is 1. The van der Waals surface area contributed by atoms with E-state index in [4.69, 9.17) is 13.9 Å². The Kier molecular flexibility index (Phi) is 8.04. The SMILES string of the molecule is Cc1ccc(C)n1-c1ccc(OCc2ccc(C(=O)N/N=C/c3c(OCc4ccccc4)ccc4ccccc34)o2)cc1. The summed E-state index contributed by atoms with van der Waals surface area (Å²) in [6, 6.07) is 37.3. The van der Waals surface area contributed by atoms with Crippen molar-refractivity contribution < 1.29 is 18.7 Å². The van der Waals surface area contributed by atoms with Crippen LogP contribution in [-0.4, -0.2) is 16.7 Å². The Bertz CT molecular complexity index is 1870. The molecule has 2 aromatic heterocycles.